The van der Waals surface area contributed by atoms with E-state index in [-0.39, 0.29) is 29.0 Å². The number of methoxy groups -OCH3 is 1. The zero-order valence-electron chi connectivity index (χ0n) is 17.7. The summed E-state index contributed by atoms with van der Waals surface area (Å²) in [5, 5.41) is 13.2. The van der Waals surface area contributed by atoms with Gasteiger partial charge in [0.1, 0.15) is 17.2 Å². The first-order valence-corrected chi connectivity index (χ1v) is 9.49. The van der Waals surface area contributed by atoms with Gasteiger partial charge in [0.25, 0.3) is 0 Å². The topological polar surface area (TPSA) is 135 Å². The molecule has 11 nitrogen and oxygen atoms in total. The monoisotopic (exact) mass is 428 g/mol. The van der Waals surface area contributed by atoms with Gasteiger partial charge in [-0.2, -0.15) is 0 Å². The van der Waals surface area contributed by atoms with Crippen molar-refractivity contribution in [1.82, 2.24) is 9.88 Å². The number of amides is 3. The molecule has 0 atom stereocenters. The molecule has 2 rings (SSSR count). The number of carbonyl (C=O) groups excluding carboxylic acids is 3. The van der Waals surface area contributed by atoms with Crippen molar-refractivity contribution in [3.8, 4) is 5.75 Å². The quantitative estimate of drug-likeness (QED) is 0.625. The fourth-order valence-electron chi connectivity index (χ4n) is 2.39. The van der Waals surface area contributed by atoms with Crippen molar-refractivity contribution in [2.75, 3.05) is 30.8 Å². The van der Waals surface area contributed by atoms with Crippen molar-refractivity contribution in [2.45, 2.75) is 20.8 Å². The molecule has 0 spiro atoms. The van der Waals surface area contributed by atoms with Gasteiger partial charge in [0.05, 0.1) is 7.11 Å². The summed E-state index contributed by atoms with van der Waals surface area (Å²) in [5.41, 5.74) is 0.545. The first kappa shape index (κ1) is 23.3. The lowest BCUT2D eigenvalue weighted by Gasteiger charge is -2.18. The van der Waals surface area contributed by atoms with Crippen LogP contribution in [-0.2, 0) is 9.53 Å². The molecule has 0 saturated heterocycles. The number of hydrogen-bond donors (Lipinski definition) is 2. The van der Waals surface area contributed by atoms with E-state index in [0.717, 1.165) is 0 Å². The average molecular weight is 428 g/mol. The fourth-order valence-corrected chi connectivity index (χ4v) is 2.39. The van der Waals surface area contributed by atoms with Crippen LogP contribution in [0.2, 0.25) is 0 Å². The highest BCUT2D eigenvalue weighted by atomic mass is 16.6. The van der Waals surface area contributed by atoms with Gasteiger partial charge in [0.2, 0.25) is 5.91 Å². The fraction of sp³-hybridized carbons (Fsp3) is 0.300. The molecule has 3 amide bonds. The summed E-state index contributed by atoms with van der Waals surface area (Å²) in [4.78, 5) is 40.8. The van der Waals surface area contributed by atoms with Gasteiger partial charge in [-0.25, -0.2) is 14.6 Å². The van der Waals surface area contributed by atoms with Crippen molar-refractivity contribution in [1.29, 1.82) is 0 Å². The van der Waals surface area contributed by atoms with Crippen LogP contribution >= 0.6 is 0 Å². The SMILES string of the molecule is CCN(CC)C(=O)Oc1ccccc1/N=N/c1ccc(NC(=O)OC)nc1NC(C)=O. The molecule has 0 radical (unpaired) electrons. The van der Waals surface area contributed by atoms with Gasteiger partial charge in [-0.1, -0.05) is 12.1 Å². The van der Waals surface area contributed by atoms with E-state index in [1.807, 2.05) is 13.8 Å². The molecule has 31 heavy (non-hydrogen) atoms. The Hall–Kier alpha value is -4.02. The van der Waals surface area contributed by atoms with Crippen molar-refractivity contribution in [2.24, 2.45) is 10.2 Å². The van der Waals surface area contributed by atoms with E-state index >= 15 is 0 Å². The Kier molecular flexibility index (Phi) is 8.43. The lowest BCUT2D eigenvalue weighted by Crippen LogP contribution is -2.33. The Morgan fingerprint density at radius 3 is 2.32 bits per heavy atom. The van der Waals surface area contributed by atoms with Crippen molar-refractivity contribution in [3.63, 3.8) is 0 Å². The van der Waals surface area contributed by atoms with Crippen molar-refractivity contribution >= 4 is 41.1 Å². The Bertz CT molecular complexity index is 974. The van der Waals surface area contributed by atoms with Gasteiger partial charge >= 0.3 is 12.2 Å². The second-order valence-corrected chi connectivity index (χ2v) is 6.07. The number of benzene rings is 1. The smallest absolute Gasteiger partial charge is 0.415 e. The van der Waals surface area contributed by atoms with Crippen molar-refractivity contribution in [3.05, 3.63) is 36.4 Å². The molecule has 0 bridgehead atoms. The number of nitrogens with zero attached hydrogens (tertiary/aromatic N) is 4. The molecule has 11 heteroatoms. The summed E-state index contributed by atoms with van der Waals surface area (Å²) in [6.45, 7) is 6.04. The summed E-state index contributed by atoms with van der Waals surface area (Å²) in [6, 6.07) is 9.65. The maximum absolute atomic E-state index is 12.3. The molecule has 164 valence electrons. The third-order valence-corrected chi connectivity index (χ3v) is 3.93. The van der Waals surface area contributed by atoms with Crippen LogP contribution in [0.5, 0.6) is 5.75 Å². The van der Waals surface area contributed by atoms with Crippen LogP contribution in [0, 0.1) is 0 Å². The van der Waals surface area contributed by atoms with E-state index in [2.05, 4.69) is 30.6 Å². The zero-order chi connectivity index (χ0) is 22.8. The number of azo groups is 1. The predicted octanol–water partition coefficient (Wildman–Crippen LogP) is 4.47. The number of rotatable bonds is 7. The molecule has 1 aromatic carbocycles. The molecule has 2 N–H and O–H groups in total. The van der Waals surface area contributed by atoms with Gasteiger partial charge in [-0.3, -0.25) is 10.1 Å². The van der Waals surface area contributed by atoms with Gasteiger partial charge < -0.3 is 19.7 Å². The summed E-state index contributed by atoms with van der Waals surface area (Å²) in [5.74, 6) is 0.0970. The number of para-hydroxylation sites is 1. The largest absolute Gasteiger partial charge is 0.453 e. The first-order chi connectivity index (χ1) is 14.9. The third-order valence-electron chi connectivity index (χ3n) is 3.93. The number of hydrogen-bond acceptors (Lipinski definition) is 8. The standard InChI is InChI=1S/C20H24N6O5/c1-5-26(6-2)20(29)31-16-10-8-7-9-14(16)24-25-15-11-12-17(23-19(28)30-4)22-18(15)21-13(3)27/h7-12H,5-6H2,1-4H3,(H2,21,22,23,27,28)/b25-24+. The van der Waals surface area contributed by atoms with E-state index in [1.165, 1.54) is 31.1 Å². The molecule has 1 heterocycles. The van der Waals surface area contributed by atoms with Gasteiger partial charge in [0.15, 0.2) is 11.6 Å². The van der Waals surface area contributed by atoms with Crippen LogP contribution in [-0.4, -0.2) is 48.2 Å². The maximum Gasteiger partial charge on any atom is 0.415 e. The summed E-state index contributed by atoms with van der Waals surface area (Å²) >= 11 is 0. The normalized spacial score (nSPS) is 10.5. The summed E-state index contributed by atoms with van der Waals surface area (Å²) in [7, 11) is 1.22. The Morgan fingerprint density at radius 1 is 1.00 bits per heavy atom. The lowest BCUT2D eigenvalue weighted by molar-refractivity contribution is -0.114. The predicted molar refractivity (Wildman–Crippen MR) is 114 cm³/mol. The van der Waals surface area contributed by atoms with Crippen LogP contribution in [0.15, 0.2) is 46.6 Å². The Morgan fingerprint density at radius 2 is 1.68 bits per heavy atom. The maximum atomic E-state index is 12.3. The molecule has 0 unspecified atom stereocenters. The number of anilines is 2. The zero-order valence-corrected chi connectivity index (χ0v) is 17.7. The Balaban J connectivity index is 2.31. The molecule has 0 saturated carbocycles. The summed E-state index contributed by atoms with van der Waals surface area (Å²) in [6.07, 6.45) is -1.20. The highest BCUT2D eigenvalue weighted by Crippen LogP contribution is 2.31. The highest BCUT2D eigenvalue weighted by Gasteiger charge is 2.15. The molecular formula is C20H24N6O5. The molecule has 0 fully saturated rings. The molecule has 0 aliphatic carbocycles. The van der Waals surface area contributed by atoms with Crippen LogP contribution in [0.4, 0.5) is 32.6 Å². The van der Waals surface area contributed by atoms with Crippen LogP contribution in [0.1, 0.15) is 20.8 Å². The van der Waals surface area contributed by atoms with Gasteiger partial charge in [-0.05, 0) is 38.1 Å². The average Bonchev–Trinajstić information content (AvgIpc) is 2.74. The van der Waals surface area contributed by atoms with E-state index < -0.39 is 12.2 Å². The minimum absolute atomic E-state index is 0.0859. The molecule has 2 aromatic rings. The minimum Gasteiger partial charge on any atom is -0.453 e. The first-order valence-electron chi connectivity index (χ1n) is 9.49. The van der Waals surface area contributed by atoms with Gasteiger partial charge in [-0.15, -0.1) is 10.2 Å². The van der Waals surface area contributed by atoms with E-state index in [0.29, 0.717) is 18.8 Å². The molecular weight excluding hydrogens is 404 g/mol. The molecule has 1 aromatic heterocycles. The number of ether oxygens (including phenoxy) is 2. The van der Waals surface area contributed by atoms with E-state index in [9.17, 15) is 14.4 Å². The van der Waals surface area contributed by atoms with Gasteiger partial charge in [0, 0.05) is 20.0 Å². The van der Waals surface area contributed by atoms with E-state index in [4.69, 9.17) is 4.74 Å². The number of aromatic nitrogens is 1. The van der Waals surface area contributed by atoms with Crippen molar-refractivity contribution < 1.29 is 23.9 Å². The third kappa shape index (κ3) is 6.77. The highest BCUT2D eigenvalue weighted by molar-refractivity contribution is 5.91. The van der Waals surface area contributed by atoms with Crippen LogP contribution < -0.4 is 15.4 Å². The van der Waals surface area contributed by atoms with Crippen LogP contribution in [0.25, 0.3) is 0 Å². The molecule has 0 aliphatic heterocycles. The lowest BCUT2D eigenvalue weighted by atomic mass is 10.3. The number of pyridine rings is 1. The number of carbonyl (C=O) groups is 3. The molecule has 0 aliphatic rings. The second kappa shape index (κ2) is 11.2. The van der Waals surface area contributed by atoms with Crippen LogP contribution in [0.3, 0.4) is 0 Å². The number of nitrogens with one attached hydrogen (secondary N) is 2. The van der Waals surface area contributed by atoms with E-state index in [1.54, 1.807) is 24.3 Å². The second-order valence-electron chi connectivity index (χ2n) is 6.07. The minimum atomic E-state index is -0.709. The summed E-state index contributed by atoms with van der Waals surface area (Å²) < 4.78 is 9.96. The Labute approximate surface area is 179 Å².